The predicted octanol–water partition coefficient (Wildman–Crippen LogP) is 0.780. The first-order valence-electron chi connectivity index (χ1n) is 5.18. The van der Waals surface area contributed by atoms with Gasteiger partial charge in [0.05, 0.1) is 32.2 Å². The monoisotopic (exact) mass is 306 g/mol. The second-order valence-electron chi connectivity index (χ2n) is 3.70. The molecule has 0 aromatic rings. The molecule has 2 amide bonds. The molecular weight excluding hydrogens is 292 g/mol. The molecule has 0 saturated carbocycles. The molecule has 1 aliphatic heterocycles. The minimum absolute atomic E-state index is 0.108. The number of hydrogen-bond acceptors (Lipinski definition) is 3. The molecule has 1 aliphatic rings. The molecule has 0 spiro atoms. The summed E-state index contributed by atoms with van der Waals surface area (Å²) in [5.41, 5.74) is 0. The highest BCUT2D eigenvalue weighted by atomic mass is 79.9. The number of rotatable bonds is 4. The van der Waals surface area contributed by atoms with Crippen LogP contribution in [0.4, 0.5) is 4.79 Å². The van der Waals surface area contributed by atoms with Gasteiger partial charge in [0.25, 0.3) is 0 Å². The van der Waals surface area contributed by atoms with Crippen molar-refractivity contribution in [2.75, 3.05) is 26.3 Å². The van der Waals surface area contributed by atoms with E-state index in [-0.39, 0.29) is 19.1 Å². The SMILES string of the molecule is C=C(Br)CNC(=O)N1CCOCC1CC(=O)O. The zero-order chi connectivity index (χ0) is 12.8. The normalized spacial score (nSPS) is 19.8. The number of nitrogens with one attached hydrogen (secondary N) is 1. The maximum atomic E-state index is 11.8. The Hall–Kier alpha value is -1.08. The van der Waals surface area contributed by atoms with E-state index < -0.39 is 12.0 Å². The molecule has 2 N–H and O–H groups in total. The van der Waals surface area contributed by atoms with Crippen molar-refractivity contribution in [2.24, 2.45) is 0 Å². The molecule has 7 heteroatoms. The molecular formula is C10H15BrN2O4. The van der Waals surface area contributed by atoms with E-state index in [0.717, 1.165) is 0 Å². The van der Waals surface area contributed by atoms with Crippen LogP contribution >= 0.6 is 15.9 Å². The summed E-state index contributed by atoms with van der Waals surface area (Å²) in [6.45, 7) is 5.01. The van der Waals surface area contributed by atoms with Crippen LogP contribution in [-0.2, 0) is 9.53 Å². The minimum Gasteiger partial charge on any atom is -0.481 e. The van der Waals surface area contributed by atoms with E-state index >= 15 is 0 Å². The lowest BCUT2D eigenvalue weighted by Gasteiger charge is -2.34. The van der Waals surface area contributed by atoms with Gasteiger partial charge in [0.15, 0.2) is 0 Å². The summed E-state index contributed by atoms with van der Waals surface area (Å²) < 4.78 is 5.84. The molecule has 0 aromatic heterocycles. The van der Waals surface area contributed by atoms with Gasteiger partial charge in [-0.15, -0.1) is 0 Å². The highest BCUT2D eigenvalue weighted by Crippen LogP contribution is 2.11. The van der Waals surface area contributed by atoms with Crippen LogP contribution in [-0.4, -0.2) is 54.4 Å². The fourth-order valence-corrected chi connectivity index (χ4v) is 1.71. The second-order valence-corrected chi connectivity index (χ2v) is 4.82. The van der Waals surface area contributed by atoms with E-state index in [1.165, 1.54) is 4.90 Å². The quantitative estimate of drug-likeness (QED) is 0.804. The third-order valence-electron chi connectivity index (χ3n) is 2.33. The Kier molecular flexibility index (Phi) is 5.43. The molecule has 1 unspecified atom stereocenters. The van der Waals surface area contributed by atoms with Crippen molar-refractivity contribution in [1.82, 2.24) is 10.2 Å². The molecule has 1 heterocycles. The Morgan fingerprint density at radius 1 is 1.59 bits per heavy atom. The van der Waals surface area contributed by atoms with Crippen LogP contribution in [0.25, 0.3) is 0 Å². The zero-order valence-corrected chi connectivity index (χ0v) is 10.9. The van der Waals surface area contributed by atoms with E-state index in [2.05, 4.69) is 27.8 Å². The summed E-state index contributed by atoms with van der Waals surface area (Å²) in [7, 11) is 0. The third-order valence-corrected chi connectivity index (χ3v) is 2.61. The number of urea groups is 1. The first kappa shape index (κ1) is 14.0. The summed E-state index contributed by atoms with van der Waals surface area (Å²) >= 11 is 3.14. The number of hydrogen-bond donors (Lipinski definition) is 2. The van der Waals surface area contributed by atoms with Gasteiger partial charge in [0.1, 0.15) is 0 Å². The number of nitrogens with zero attached hydrogens (tertiary/aromatic N) is 1. The Balaban J connectivity index is 2.54. The van der Waals surface area contributed by atoms with Crippen LogP contribution < -0.4 is 5.32 Å². The van der Waals surface area contributed by atoms with Gasteiger partial charge in [0.2, 0.25) is 0 Å². The van der Waals surface area contributed by atoms with Crippen LogP contribution in [0, 0.1) is 0 Å². The number of amides is 2. The summed E-state index contributed by atoms with van der Waals surface area (Å²) in [6, 6.07) is -0.704. The Morgan fingerprint density at radius 2 is 2.29 bits per heavy atom. The second kappa shape index (κ2) is 6.61. The summed E-state index contributed by atoms with van der Waals surface area (Å²) in [5, 5.41) is 11.4. The molecule has 0 aliphatic carbocycles. The third kappa shape index (κ3) is 4.74. The van der Waals surface area contributed by atoms with Crippen LogP contribution in [0.15, 0.2) is 11.1 Å². The molecule has 17 heavy (non-hydrogen) atoms. The minimum atomic E-state index is -0.941. The molecule has 6 nitrogen and oxygen atoms in total. The average molecular weight is 307 g/mol. The number of aliphatic carboxylic acids is 1. The standard InChI is InChI=1S/C10H15BrN2O4/c1-7(11)5-12-10(16)13-2-3-17-6-8(13)4-9(14)15/h8H,1-6H2,(H,12,16)(H,14,15). The lowest BCUT2D eigenvalue weighted by atomic mass is 10.1. The van der Waals surface area contributed by atoms with Crippen LogP contribution in [0.3, 0.4) is 0 Å². The van der Waals surface area contributed by atoms with Crippen LogP contribution in [0.2, 0.25) is 0 Å². The van der Waals surface area contributed by atoms with Crippen LogP contribution in [0.5, 0.6) is 0 Å². The maximum absolute atomic E-state index is 11.8. The molecule has 0 aromatic carbocycles. The van der Waals surface area contributed by atoms with Crippen molar-refractivity contribution in [2.45, 2.75) is 12.5 Å². The Labute approximate surface area is 108 Å². The highest BCUT2D eigenvalue weighted by Gasteiger charge is 2.28. The smallest absolute Gasteiger partial charge is 0.318 e. The van der Waals surface area contributed by atoms with Gasteiger partial charge >= 0.3 is 12.0 Å². The molecule has 0 bridgehead atoms. The largest absolute Gasteiger partial charge is 0.481 e. The molecule has 1 rings (SSSR count). The van der Waals surface area contributed by atoms with Gasteiger partial charge < -0.3 is 20.1 Å². The van der Waals surface area contributed by atoms with Crippen molar-refractivity contribution < 1.29 is 19.4 Å². The van der Waals surface area contributed by atoms with E-state index in [1.807, 2.05) is 0 Å². The average Bonchev–Trinajstić information content (AvgIpc) is 2.25. The van der Waals surface area contributed by atoms with Crippen molar-refractivity contribution in [3.63, 3.8) is 0 Å². The number of morpholine rings is 1. The number of carbonyl (C=O) groups excluding carboxylic acids is 1. The van der Waals surface area contributed by atoms with Gasteiger partial charge in [0, 0.05) is 11.0 Å². The van der Waals surface area contributed by atoms with Crippen molar-refractivity contribution >= 4 is 27.9 Å². The fourth-order valence-electron chi connectivity index (χ4n) is 1.57. The maximum Gasteiger partial charge on any atom is 0.318 e. The molecule has 1 saturated heterocycles. The molecule has 96 valence electrons. The Morgan fingerprint density at radius 3 is 2.88 bits per heavy atom. The van der Waals surface area contributed by atoms with Gasteiger partial charge in [-0.1, -0.05) is 22.5 Å². The first-order valence-corrected chi connectivity index (χ1v) is 5.97. The topological polar surface area (TPSA) is 78.9 Å². The number of carbonyl (C=O) groups is 2. The summed E-state index contributed by atoms with van der Waals surface area (Å²) in [5.74, 6) is -0.941. The summed E-state index contributed by atoms with van der Waals surface area (Å²) in [6.07, 6.45) is -0.108. The number of carboxylic acids is 1. The van der Waals surface area contributed by atoms with E-state index in [4.69, 9.17) is 9.84 Å². The highest BCUT2D eigenvalue weighted by molar-refractivity contribution is 9.11. The summed E-state index contributed by atoms with van der Waals surface area (Å²) in [4.78, 5) is 24.0. The van der Waals surface area contributed by atoms with E-state index in [1.54, 1.807) is 0 Å². The van der Waals surface area contributed by atoms with Gasteiger partial charge in [-0.25, -0.2) is 4.79 Å². The molecule has 1 atom stereocenters. The Bertz CT molecular complexity index is 321. The fraction of sp³-hybridized carbons (Fsp3) is 0.600. The molecule has 0 radical (unpaired) electrons. The van der Waals surface area contributed by atoms with Crippen molar-refractivity contribution in [1.29, 1.82) is 0 Å². The van der Waals surface area contributed by atoms with Gasteiger partial charge in [-0.3, -0.25) is 4.79 Å². The lowest BCUT2D eigenvalue weighted by Crippen LogP contribution is -2.53. The van der Waals surface area contributed by atoms with E-state index in [9.17, 15) is 9.59 Å². The first-order chi connectivity index (χ1) is 8.00. The predicted molar refractivity (Wildman–Crippen MR) is 65.0 cm³/mol. The van der Waals surface area contributed by atoms with Gasteiger partial charge in [-0.05, 0) is 0 Å². The number of halogens is 1. The molecule has 1 fully saturated rings. The van der Waals surface area contributed by atoms with Crippen LogP contribution in [0.1, 0.15) is 6.42 Å². The number of ether oxygens (including phenoxy) is 1. The zero-order valence-electron chi connectivity index (χ0n) is 9.32. The van der Waals surface area contributed by atoms with E-state index in [0.29, 0.717) is 24.2 Å². The van der Waals surface area contributed by atoms with Crippen molar-refractivity contribution in [3.05, 3.63) is 11.1 Å². The van der Waals surface area contributed by atoms with Gasteiger partial charge in [-0.2, -0.15) is 0 Å². The number of carboxylic acid groups (broad SMARTS) is 1. The lowest BCUT2D eigenvalue weighted by molar-refractivity contribution is -0.139. The van der Waals surface area contributed by atoms with Crippen molar-refractivity contribution in [3.8, 4) is 0 Å².